The van der Waals surface area contributed by atoms with Gasteiger partial charge in [-0.25, -0.2) is 4.68 Å². The molecular formula is C15H26N4O. The molecule has 0 aliphatic carbocycles. The molecule has 20 heavy (non-hydrogen) atoms. The SMILES string of the molecule is C=C(CNC(C)C)Cn1ncc(N(C)CCC)cc1=O. The van der Waals surface area contributed by atoms with Crippen LogP contribution in [0, 0.1) is 0 Å². The second-order valence-corrected chi connectivity index (χ2v) is 5.42. The van der Waals surface area contributed by atoms with Gasteiger partial charge in [-0.15, -0.1) is 0 Å². The average molecular weight is 278 g/mol. The number of anilines is 1. The molecule has 1 heterocycles. The number of nitrogens with one attached hydrogen (secondary N) is 1. The van der Waals surface area contributed by atoms with Gasteiger partial charge in [0.2, 0.25) is 0 Å². The van der Waals surface area contributed by atoms with E-state index in [1.807, 2.05) is 11.9 Å². The topological polar surface area (TPSA) is 50.2 Å². The maximum atomic E-state index is 12.0. The first-order chi connectivity index (χ1) is 9.43. The first kappa shape index (κ1) is 16.4. The van der Waals surface area contributed by atoms with Crippen LogP contribution < -0.4 is 15.8 Å². The fourth-order valence-electron chi connectivity index (χ4n) is 1.83. The van der Waals surface area contributed by atoms with Gasteiger partial charge in [-0.2, -0.15) is 5.10 Å². The summed E-state index contributed by atoms with van der Waals surface area (Å²) in [5.74, 6) is 0. The molecule has 0 saturated carbocycles. The zero-order valence-corrected chi connectivity index (χ0v) is 13.0. The van der Waals surface area contributed by atoms with Crippen molar-refractivity contribution in [2.24, 2.45) is 0 Å². The van der Waals surface area contributed by atoms with Crippen molar-refractivity contribution in [2.45, 2.75) is 39.8 Å². The number of rotatable bonds is 8. The molecule has 0 spiro atoms. The van der Waals surface area contributed by atoms with Gasteiger partial charge in [-0.3, -0.25) is 4.79 Å². The summed E-state index contributed by atoms with van der Waals surface area (Å²) in [7, 11) is 1.97. The van der Waals surface area contributed by atoms with Crippen LogP contribution in [-0.2, 0) is 6.54 Å². The Morgan fingerprint density at radius 2 is 2.25 bits per heavy atom. The predicted octanol–water partition coefficient (Wildman–Crippen LogP) is 1.64. The Morgan fingerprint density at radius 1 is 1.55 bits per heavy atom. The first-order valence-electron chi connectivity index (χ1n) is 7.12. The molecule has 1 rings (SSSR count). The lowest BCUT2D eigenvalue weighted by atomic mass is 10.2. The highest BCUT2D eigenvalue weighted by Crippen LogP contribution is 2.07. The Hall–Kier alpha value is -1.62. The molecule has 0 bridgehead atoms. The van der Waals surface area contributed by atoms with Gasteiger partial charge < -0.3 is 10.2 Å². The minimum absolute atomic E-state index is 0.0869. The first-order valence-corrected chi connectivity index (χ1v) is 7.12. The van der Waals surface area contributed by atoms with Crippen LogP contribution in [0.2, 0.25) is 0 Å². The fourth-order valence-corrected chi connectivity index (χ4v) is 1.83. The molecule has 1 N–H and O–H groups in total. The quantitative estimate of drug-likeness (QED) is 0.735. The summed E-state index contributed by atoms with van der Waals surface area (Å²) in [6.45, 7) is 12.3. The third-order valence-electron chi connectivity index (χ3n) is 2.99. The summed E-state index contributed by atoms with van der Waals surface area (Å²) < 4.78 is 1.45. The van der Waals surface area contributed by atoms with Crippen molar-refractivity contribution in [1.29, 1.82) is 0 Å². The molecule has 0 unspecified atom stereocenters. The van der Waals surface area contributed by atoms with Gasteiger partial charge in [0.1, 0.15) is 0 Å². The van der Waals surface area contributed by atoms with Crippen molar-refractivity contribution in [3.63, 3.8) is 0 Å². The third-order valence-corrected chi connectivity index (χ3v) is 2.99. The lowest BCUT2D eigenvalue weighted by molar-refractivity contribution is 0.574. The number of nitrogens with zero attached hydrogens (tertiary/aromatic N) is 3. The second kappa shape index (κ2) is 7.85. The van der Waals surface area contributed by atoms with E-state index < -0.39 is 0 Å². The minimum Gasteiger partial charge on any atom is -0.373 e. The van der Waals surface area contributed by atoms with E-state index in [0.717, 1.165) is 24.2 Å². The van der Waals surface area contributed by atoms with E-state index >= 15 is 0 Å². The summed E-state index contributed by atoms with van der Waals surface area (Å²) in [5, 5.41) is 7.50. The van der Waals surface area contributed by atoms with Crippen LogP contribution in [0.3, 0.4) is 0 Å². The fraction of sp³-hybridized carbons (Fsp3) is 0.600. The second-order valence-electron chi connectivity index (χ2n) is 5.42. The molecule has 0 aliphatic heterocycles. The zero-order chi connectivity index (χ0) is 15.1. The van der Waals surface area contributed by atoms with Crippen LogP contribution in [-0.4, -0.2) is 36.0 Å². The maximum absolute atomic E-state index is 12.0. The summed E-state index contributed by atoms with van der Waals surface area (Å²) in [6, 6.07) is 2.03. The molecule has 112 valence electrons. The van der Waals surface area contributed by atoms with Crippen LogP contribution in [0.4, 0.5) is 5.69 Å². The Bertz CT molecular complexity index is 493. The smallest absolute Gasteiger partial charge is 0.269 e. The highest BCUT2D eigenvalue weighted by molar-refractivity contribution is 5.41. The van der Waals surface area contributed by atoms with Gasteiger partial charge in [0.25, 0.3) is 5.56 Å². The highest BCUT2D eigenvalue weighted by atomic mass is 16.1. The Balaban J connectivity index is 2.69. The molecular weight excluding hydrogens is 252 g/mol. The van der Waals surface area contributed by atoms with E-state index in [1.165, 1.54) is 4.68 Å². The van der Waals surface area contributed by atoms with E-state index in [-0.39, 0.29) is 5.56 Å². The van der Waals surface area contributed by atoms with Gasteiger partial charge in [0.05, 0.1) is 18.4 Å². The van der Waals surface area contributed by atoms with Gasteiger partial charge in [-0.05, 0) is 12.0 Å². The molecule has 5 heteroatoms. The van der Waals surface area contributed by atoms with Crippen LogP contribution in [0.5, 0.6) is 0 Å². The standard InChI is InChI=1S/C15H26N4O/c1-6-7-18(5)14-8-15(20)19(17-10-14)11-13(4)9-16-12(2)3/h8,10,12,16H,4,6-7,9,11H2,1-3,5H3. The van der Waals surface area contributed by atoms with Crippen LogP contribution in [0.15, 0.2) is 29.2 Å². The van der Waals surface area contributed by atoms with E-state index in [9.17, 15) is 4.79 Å². The van der Waals surface area contributed by atoms with Crippen molar-refractivity contribution in [1.82, 2.24) is 15.1 Å². The lowest BCUT2D eigenvalue weighted by Crippen LogP contribution is -2.30. The van der Waals surface area contributed by atoms with Gasteiger partial charge in [0.15, 0.2) is 0 Å². The van der Waals surface area contributed by atoms with Gasteiger partial charge >= 0.3 is 0 Å². The average Bonchev–Trinajstić information content (AvgIpc) is 2.39. The van der Waals surface area contributed by atoms with Gasteiger partial charge in [-0.1, -0.05) is 27.4 Å². The molecule has 0 aliphatic rings. The lowest BCUT2D eigenvalue weighted by Gasteiger charge is -2.18. The number of hydrogen-bond donors (Lipinski definition) is 1. The minimum atomic E-state index is -0.0869. The highest BCUT2D eigenvalue weighted by Gasteiger charge is 2.05. The van der Waals surface area contributed by atoms with Crippen molar-refractivity contribution in [3.05, 3.63) is 34.8 Å². The molecule has 0 saturated heterocycles. The molecule has 5 nitrogen and oxygen atoms in total. The number of hydrogen-bond acceptors (Lipinski definition) is 4. The van der Waals surface area contributed by atoms with Crippen molar-refractivity contribution in [3.8, 4) is 0 Å². The molecule has 0 fully saturated rings. The van der Waals surface area contributed by atoms with Crippen molar-refractivity contribution >= 4 is 5.69 Å². The molecule has 0 aromatic carbocycles. The van der Waals surface area contributed by atoms with Gasteiger partial charge in [0, 0.05) is 32.2 Å². The third kappa shape index (κ3) is 5.17. The summed E-state index contributed by atoms with van der Waals surface area (Å²) in [6.07, 6.45) is 2.78. The normalized spacial score (nSPS) is 10.8. The molecule has 0 atom stereocenters. The molecule has 0 amide bonds. The van der Waals surface area contributed by atoms with E-state index in [4.69, 9.17) is 0 Å². The van der Waals surface area contributed by atoms with Crippen LogP contribution >= 0.6 is 0 Å². The Labute approximate surface area is 121 Å². The maximum Gasteiger partial charge on any atom is 0.269 e. The van der Waals surface area contributed by atoms with Crippen LogP contribution in [0.1, 0.15) is 27.2 Å². The Kier molecular flexibility index (Phi) is 6.45. The summed E-state index contributed by atoms with van der Waals surface area (Å²) in [5.41, 5.74) is 1.72. The summed E-state index contributed by atoms with van der Waals surface area (Å²) >= 11 is 0. The van der Waals surface area contributed by atoms with E-state index in [1.54, 1.807) is 12.3 Å². The summed E-state index contributed by atoms with van der Waals surface area (Å²) in [4.78, 5) is 14.1. The molecule has 1 aromatic heterocycles. The zero-order valence-electron chi connectivity index (χ0n) is 13.0. The van der Waals surface area contributed by atoms with E-state index in [0.29, 0.717) is 19.1 Å². The van der Waals surface area contributed by atoms with Crippen LogP contribution in [0.25, 0.3) is 0 Å². The molecule has 1 aromatic rings. The van der Waals surface area contributed by atoms with Crippen molar-refractivity contribution in [2.75, 3.05) is 25.0 Å². The molecule has 0 radical (unpaired) electrons. The number of aromatic nitrogens is 2. The largest absolute Gasteiger partial charge is 0.373 e. The van der Waals surface area contributed by atoms with Crippen molar-refractivity contribution < 1.29 is 0 Å². The van der Waals surface area contributed by atoms with E-state index in [2.05, 4.69) is 37.8 Å². The Morgan fingerprint density at radius 3 is 2.80 bits per heavy atom. The predicted molar refractivity (Wildman–Crippen MR) is 84.3 cm³/mol. The monoisotopic (exact) mass is 278 g/mol.